The van der Waals surface area contributed by atoms with Crippen molar-refractivity contribution in [2.45, 2.75) is 33.5 Å². The first-order chi connectivity index (χ1) is 10.3. The van der Waals surface area contributed by atoms with Gasteiger partial charge >= 0.3 is 0 Å². The van der Waals surface area contributed by atoms with Crippen molar-refractivity contribution in [3.63, 3.8) is 0 Å². The molecule has 0 fully saturated rings. The number of imidazole rings is 1. The number of nitrogens with zero attached hydrogens (tertiary/aromatic N) is 2. The fourth-order valence-corrected chi connectivity index (χ4v) is 2.12. The van der Waals surface area contributed by atoms with Gasteiger partial charge in [-0.25, -0.2) is 4.98 Å². The molecular weight excluding hydrogens is 266 g/mol. The van der Waals surface area contributed by atoms with Gasteiger partial charge in [-0.15, -0.1) is 0 Å². The van der Waals surface area contributed by atoms with E-state index in [-0.39, 0.29) is 0 Å². The van der Waals surface area contributed by atoms with Gasteiger partial charge in [0.05, 0.1) is 25.3 Å². The van der Waals surface area contributed by atoms with Crippen LogP contribution in [0.5, 0.6) is 11.5 Å². The molecule has 114 valence electrons. The van der Waals surface area contributed by atoms with Crippen LogP contribution >= 0.6 is 0 Å². The van der Waals surface area contributed by atoms with Crippen molar-refractivity contribution in [1.82, 2.24) is 14.9 Å². The predicted molar refractivity (Wildman–Crippen MR) is 82.6 cm³/mol. The van der Waals surface area contributed by atoms with Crippen molar-refractivity contribution in [3.05, 3.63) is 42.0 Å². The Labute approximate surface area is 125 Å². The summed E-state index contributed by atoms with van der Waals surface area (Å²) in [7, 11) is 1.66. The van der Waals surface area contributed by atoms with Crippen molar-refractivity contribution in [1.29, 1.82) is 0 Å². The molecule has 5 heteroatoms. The lowest BCUT2D eigenvalue weighted by atomic mass is 10.2. The molecule has 1 heterocycles. The highest BCUT2D eigenvalue weighted by molar-refractivity contribution is 5.43. The maximum absolute atomic E-state index is 5.92. The number of nitrogens with one attached hydrogen (secondary N) is 1. The van der Waals surface area contributed by atoms with E-state index in [1.165, 1.54) is 5.56 Å². The number of aromatic nitrogens is 2. The molecule has 0 bridgehead atoms. The number of methoxy groups -OCH3 is 1. The minimum atomic E-state index is 0.481. The number of rotatable bonds is 8. The molecule has 0 radical (unpaired) electrons. The van der Waals surface area contributed by atoms with E-state index in [4.69, 9.17) is 9.47 Å². The highest BCUT2D eigenvalue weighted by Gasteiger charge is 2.08. The molecule has 21 heavy (non-hydrogen) atoms. The third kappa shape index (κ3) is 3.98. The monoisotopic (exact) mass is 289 g/mol. The molecule has 0 aliphatic rings. The predicted octanol–water partition coefficient (Wildman–Crippen LogP) is 2.60. The van der Waals surface area contributed by atoms with Gasteiger partial charge in [0, 0.05) is 13.1 Å². The van der Waals surface area contributed by atoms with Crippen LogP contribution in [-0.4, -0.2) is 23.2 Å². The molecule has 5 nitrogen and oxygen atoms in total. The van der Waals surface area contributed by atoms with Gasteiger partial charge in [-0.05, 0) is 31.2 Å². The molecule has 0 spiro atoms. The number of aryl methyl sites for hydroxylation is 1. The van der Waals surface area contributed by atoms with Crippen LogP contribution < -0.4 is 14.8 Å². The maximum atomic E-state index is 5.92. The van der Waals surface area contributed by atoms with E-state index >= 15 is 0 Å². The zero-order valence-corrected chi connectivity index (χ0v) is 12.9. The summed E-state index contributed by atoms with van der Waals surface area (Å²) in [4.78, 5) is 4.15. The van der Waals surface area contributed by atoms with Crippen LogP contribution in [0.2, 0.25) is 0 Å². The summed E-state index contributed by atoms with van der Waals surface area (Å²) in [6.45, 7) is 7.31. The molecule has 1 N–H and O–H groups in total. The molecule has 0 aliphatic heterocycles. The van der Waals surface area contributed by atoms with Crippen molar-refractivity contribution >= 4 is 0 Å². The van der Waals surface area contributed by atoms with Crippen LogP contribution in [0.4, 0.5) is 0 Å². The SMILES string of the molecule is CCNCc1ccc(OC)c(OCc2cncn2CC)c1. The number of hydrogen-bond acceptors (Lipinski definition) is 4. The van der Waals surface area contributed by atoms with Crippen LogP contribution in [0, 0.1) is 0 Å². The van der Waals surface area contributed by atoms with Gasteiger partial charge in [-0.3, -0.25) is 0 Å². The topological polar surface area (TPSA) is 48.3 Å². The average Bonchev–Trinajstić information content (AvgIpc) is 2.98. The van der Waals surface area contributed by atoms with Gasteiger partial charge < -0.3 is 19.4 Å². The Morgan fingerprint density at radius 2 is 2.10 bits per heavy atom. The molecule has 0 unspecified atom stereocenters. The fourth-order valence-electron chi connectivity index (χ4n) is 2.12. The van der Waals surface area contributed by atoms with E-state index in [1.807, 2.05) is 30.7 Å². The second-order valence-electron chi connectivity index (χ2n) is 4.73. The molecular formula is C16H23N3O2. The lowest BCUT2D eigenvalue weighted by molar-refractivity contribution is 0.276. The Bertz CT molecular complexity index is 566. The van der Waals surface area contributed by atoms with Crippen LogP contribution in [-0.2, 0) is 19.7 Å². The molecule has 0 saturated carbocycles. The minimum Gasteiger partial charge on any atom is -0.493 e. The summed E-state index contributed by atoms with van der Waals surface area (Å²) in [5.74, 6) is 1.51. The summed E-state index contributed by atoms with van der Waals surface area (Å²) < 4.78 is 13.3. The van der Waals surface area contributed by atoms with Gasteiger partial charge in [-0.2, -0.15) is 0 Å². The smallest absolute Gasteiger partial charge is 0.162 e. The Morgan fingerprint density at radius 3 is 2.81 bits per heavy atom. The van der Waals surface area contributed by atoms with Crippen LogP contribution in [0.1, 0.15) is 25.1 Å². The molecule has 0 aliphatic carbocycles. The normalized spacial score (nSPS) is 10.6. The standard InChI is InChI=1S/C16H23N3O2/c1-4-17-9-13-6-7-15(20-3)16(8-13)21-11-14-10-18-12-19(14)5-2/h6-8,10,12,17H,4-5,9,11H2,1-3H3. The Balaban J connectivity index is 2.09. The first kappa shape index (κ1) is 15.4. The Hall–Kier alpha value is -2.01. The Kier molecular flexibility index (Phi) is 5.63. The molecule has 2 aromatic rings. The molecule has 1 aromatic carbocycles. The van der Waals surface area contributed by atoms with E-state index in [0.29, 0.717) is 6.61 Å². The van der Waals surface area contributed by atoms with Gasteiger partial charge in [0.1, 0.15) is 6.61 Å². The van der Waals surface area contributed by atoms with Crippen LogP contribution in [0.25, 0.3) is 0 Å². The second-order valence-corrected chi connectivity index (χ2v) is 4.73. The third-order valence-corrected chi connectivity index (χ3v) is 3.32. The van der Waals surface area contributed by atoms with Crippen molar-refractivity contribution < 1.29 is 9.47 Å². The highest BCUT2D eigenvalue weighted by Crippen LogP contribution is 2.28. The van der Waals surface area contributed by atoms with Crippen LogP contribution in [0.15, 0.2) is 30.7 Å². The lowest BCUT2D eigenvalue weighted by Crippen LogP contribution is -2.12. The molecule has 0 saturated heterocycles. The van der Waals surface area contributed by atoms with E-state index < -0.39 is 0 Å². The maximum Gasteiger partial charge on any atom is 0.162 e. The number of benzene rings is 1. The quantitative estimate of drug-likeness (QED) is 0.811. The summed E-state index contributed by atoms with van der Waals surface area (Å²) >= 11 is 0. The lowest BCUT2D eigenvalue weighted by Gasteiger charge is -2.13. The highest BCUT2D eigenvalue weighted by atomic mass is 16.5. The Morgan fingerprint density at radius 1 is 1.24 bits per heavy atom. The number of ether oxygens (including phenoxy) is 2. The third-order valence-electron chi connectivity index (χ3n) is 3.32. The van der Waals surface area contributed by atoms with Crippen molar-refractivity contribution in [2.24, 2.45) is 0 Å². The largest absolute Gasteiger partial charge is 0.493 e. The summed E-state index contributed by atoms with van der Waals surface area (Å²) in [5.41, 5.74) is 2.23. The number of hydrogen-bond donors (Lipinski definition) is 1. The van der Waals surface area contributed by atoms with Crippen LogP contribution in [0.3, 0.4) is 0 Å². The van der Waals surface area contributed by atoms with Gasteiger partial charge in [0.15, 0.2) is 11.5 Å². The average molecular weight is 289 g/mol. The van der Waals surface area contributed by atoms with E-state index in [0.717, 1.165) is 36.8 Å². The molecule has 0 atom stereocenters. The second kappa shape index (κ2) is 7.69. The molecule has 0 amide bonds. The summed E-state index contributed by atoms with van der Waals surface area (Å²) in [6, 6.07) is 6.01. The zero-order chi connectivity index (χ0) is 15.1. The first-order valence-electron chi connectivity index (χ1n) is 7.27. The van der Waals surface area contributed by atoms with Crippen molar-refractivity contribution in [2.75, 3.05) is 13.7 Å². The summed E-state index contributed by atoms with van der Waals surface area (Å²) in [6.07, 6.45) is 3.65. The van der Waals surface area contributed by atoms with E-state index in [1.54, 1.807) is 7.11 Å². The fraction of sp³-hybridized carbons (Fsp3) is 0.438. The molecule has 2 rings (SSSR count). The van der Waals surface area contributed by atoms with Crippen molar-refractivity contribution in [3.8, 4) is 11.5 Å². The first-order valence-corrected chi connectivity index (χ1v) is 7.27. The van der Waals surface area contributed by atoms with Gasteiger partial charge in [-0.1, -0.05) is 13.0 Å². The van der Waals surface area contributed by atoms with E-state index in [9.17, 15) is 0 Å². The molecule has 1 aromatic heterocycles. The zero-order valence-electron chi connectivity index (χ0n) is 12.9. The van der Waals surface area contributed by atoms with E-state index in [2.05, 4.69) is 28.7 Å². The van der Waals surface area contributed by atoms with Gasteiger partial charge in [0.2, 0.25) is 0 Å². The minimum absolute atomic E-state index is 0.481. The van der Waals surface area contributed by atoms with Gasteiger partial charge in [0.25, 0.3) is 0 Å². The summed E-state index contributed by atoms with van der Waals surface area (Å²) in [5, 5.41) is 3.31.